The van der Waals surface area contributed by atoms with E-state index in [9.17, 15) is 9.90 Å². The second-order valence-corrected chi connectivity index (χ2v) is 6.60. The molecule has 1 fully saturated rings. The Morgan fingerprint density at radius 1 is 1.33 bits per heavy atom. The van der Waals surface area contributed by atoms with Crippen LogP contribution in [0.1, 0.15) is 43.3 Å². The Morgan fingerprint density at radius 3 is 2.63 bits per heavy atom. The van der Waals surface area contributed by atoms with E-state index < -0.39 is 6.10 Å². The standard InChI is InChI=1S/C10H9NO.C9H14N4O2/c1-8-7-10(12-11-8)9-5-3-2-4-6-9;1-6(15)9-4-13(12-11-9)8-2-7(3-8)10-5-14/h2-7H,1H3;4-8,15H,2-3H2,1H3,(H,10,14). The molecule has 8 nitrogen and oxygen atoms in total. The van der Waals surface area contributed by atoms with Crippen molar-refractivity contribution in [3.63, 3.8) is 0 Å². The normalized spacial score (nSPS) is 19.4. The molecule has 1 aliphatic carbocycles. The molecule has 2 heterocycles. The molecule has 4 rings (SSSR count). The molecule has 3 aromatic rings. The summed E-state index contributed by atoms with van der Waals surface area (Å²) in [4.78, 5) is 10.2. The summed E-state index contributed by atoms with van der Waals surface area (Å²) in [6.07, 6.45) is 3.65. The van der Waals surface area contributed by atoms with Crippen LogP contribution in [0.4, 0.5) is 0 Å². The lowest BCUT2D eigenvalue weighted by atomic mass is 9.87. The van der Waals surface area contributed by atoms with Crippen LogP contribution in [-0.2, 0) is 4.79 Å². The van der Waals surface area contributed by atoms with E-state index in [2.05, 4.69) is 20.8 Å². The topological polar surface area (TPSA) is 106 Å². The highest BCUT2D eigenvalue weighted by Gasteiger charge is 2.31. The molecule has 27 heavy (non-hydrogen) atoms. The van der Waals surface area contributed by atoms with Gasteiger partial charge in [-0.25, -0.2) is 4.68 Å². The van der Waals surface area contributed by atoms with Crippen molar-refractivity contribution in [1.82, 2.24) is 25.5 Å². The van der Waals surface area contributed by atoms with Crippen molar-refractivity contribution >= 4 is 6.41 Å². The van der Waals surface area contributed by atoms with Gasteiger partial charge in [0.15, 0.2) is 5.76 Å². The lowest BCUT2D eigenvalue weighted by Gasteiger charge is -2.34. The molecule has 1 unspecified atom stereocenters. The third-order valence-corrected chi connectivity index (χ3v) is 4.43. The largest absolute Gasteiger partial charge is 0.387 e. The Bertz CT molecular complexity index is 853. The zero-order valence-electron chi connectivity index (χ0n) is 15.3. The quantitative estimate of drug-likeness (QED) is 0.669. The number of amides is 1. The van der Waals surface area contributed by atoms with E-state index in [1.165, 1.54) is 0 Å². The monoisotopic (exact) mass is 369 g/mol. The molecule has 142 valence electrons. The van der Waals surface area contributed by atoms with Gasteiger partial charge < -0.3 is 14.9 Å². The van der Waals surface area contributed by atoms with Gasteiger partial charge in [-0.1, -0.05) is 40.7 Å². The molecule has 0 bridgehead atoms. The fourth-order valence-electron chi connectivity index (χ4n) is 2.80. The predicted octanol–water partition coefficient (Wildman–Crippen LogP) is 2.43. The van der Waals surface area contributed by atoms with Crippen molar-refractivity contribution < 1.29 is 14.4 Å². The van der Waals surface area contributed by atoms with Crippen molar-refractivity contribution in [3.8, 4) is 11.3 Å². The van der Waals surface area contributed by atoms with Crippen LogP contribution in [0.2, 0.25) is 0 Å². The van der Waals surface area contributed by atoms with Crippen LogP contribution in [0.25, 0.3) is 11.3 Å². The number of aryl methyl sites for hydroxylation is 1. The minimum Gasteiger partial charge on any atom is -0.387 e. The summed E-state index contributed by atoms with van der Waals surface area (Å²) in [5.41, 5.74) is 2.56. The number of carbonyl (C=O) groups excluding carboxylic acids is 1. The third kappa shape index (κ3) is 4.79. The van der Waals surface area contributed by atoms with E-state index in [0.29, 0.717) is 11.7 Å². The molecule has 1 amide bonds. The van der Waals surface area contributed by atoms with Crippen molar-refractivity contribution in [2.24, 2.45) is 0 Å². The van der Waals surface area contributed by atoms with E-state index in [0.717, 1.165) is 36.3 Å². The van der Waals surface area contributed by atoms with Gasteiger partial charge in [0, 0.05) is 17.7 Å². The predicted molar refractivity (Wildman–Crippen MR) is 98.6 cm³/mol. The number of hydrogen-bond acceptors (Lipinski definition) is 6. The Morgan fingerprint density at radius 2 is 2.07 bits per heavy atom. The average molecular weight is 369 g/mol. The van der Waals surface area contributed by atoms with Crippen LogP contribution in [0.15, 0.2) is 47.1 Å². The highest BCUT2D eigenvalue weighted by atomic mass is 16.5. The summed E-state index contributed by atoms with van der Waals surface area (Å²) in [7, 11) is 0. The summed E-state index contributed by atoms with van der Waals surface area (Å²) in [5, 5.41) is 23.6. The third-order valence-electron chi connectivity index (χ3n) is 4.43. The Hall–Kier alpha value is -3.00. The summed E-state index contributed by atoms with van der Waals surface area (Å²) in [6.45, 7) is 3.57. The Labute approximate surface area is 157 Å². The van der Waals surface area contributed by atoms with E-state index in [1.54, 1.807) is 17.8 Å². The van der Waals surface area contributed by atoms with Crippen LogP contribution >= 0.6 is 0 Å². The number of aliphatic hydroxyl groups is 1. The molecule has 0 spiro atoms. The zero-order chi connectivity index (χ0) is 19.2. The van der Waals surface area contributed by atoms with E-state index >= 15 is 0 Å². The van der Waals surface area contributed by atoms with Gasteiger partial charge in [-0.3, -0.25) is 4.79 Å². The molecular formula is C19H23N5O3. The number of rotatable bonds is 5. The second kappa shape index (κ2) is 8.59. The van der Waals surface area contributed by atoms with Crippen molar-refractivity contribution in [3.05, 3.63) is 54.0 Å². The molecule has 1 saturated carbocycles. The fraction of sp³-hybridized carbons (Fsp3) is 0.368. The van der Waals surface area contributed by atoms with Crippen molar-refractivity contribution in [2.75, 3.05) is 0 Å². The first-order valence-corrected chi connectivity index (χ1v) is 8.85. The number of nitrogens with zero attached hydrogens (tertiary/aromatic N) is 4. The zero-order valence-corrected chi connectivity index (χ0v) is 15.3. The van der Waals surface area contributed by atoms with Gasteiger partial charge in [-0.2, -0.15) is 0 Å². The highest BCUT2D eigenvalue weighted by Crippen LogP contribution is 2.31. The van der Waals surface area contributed by atoms with E-state index in [-0.39, 0.29) is 6.04 Å². The first-order chi connectivity index (χ1) is 13.1. The van der Waals surface area contributed by atoms with Crippen LogP contribution in [0.3, 0.4) is 0 Å². The van der Waals surface area contributed by atoms with Gasteiger partial charge in [0.05, 0.1) is 24.0 Å². The molecule has 8 heteroatoms. The molecule has 2 aromatic heterocycles. The van der Waals surface area contributed by atoms with Crippen LogP contribution in [0, 0.1) is 6.92 Å². The summed E-state index contributed by atoms with van der Waals surface area (Å²) in [6, 6.07) is 12.4. The van der Waals surface area contributed by atoms with Gasteiger partial charge in [0.2, 0.25) is 6.41 Å². The van der Waals surface area contributed by atoms with Gasteiger partial charge in [-0.05, 0) is 26.7 Å². The number of carbonyl (C=O) groups is 1. The maximum atomic E-state index is 10.2. The van der Waals surface area contributed by atoms with Gasteiger partial charge in [-0.15, -0.1) is 5.10 Å². The molecular weight excluding hydrogens is 346 g/mol. The van der Waals surface area contributed by atoms with Gasteiger partial charge >= 0.3 is 0 Å². The van der Waals surface area contributed by atoms with Crippen LogP contribution in [-0.4, -0.2) is 37.7 Å². The number of benzene rings is 1. The Balaban J connectivity index is 0.000000159. The van der Waals surface area contributed by atoms with Gasteiger partial charge in [0.1, 0.15) is 5.69 Å². The molecule has 1 aliphatic rings. The lowest BCUT2D eigenvalue weighted by Crippen LogP contribution is -2.41. The maximum Gasteiger partial charge on any atom is 0.207 e. The summed E-state index contributed by atoms with van der Waals surface area (Å²) < 4.78 is 6.86. The van der Waals surface area contributed by atoms with Crippen molar-refractivity contribution in [2.45, 2.75) is 44.9 Å². The molecule has 2 N–H and O–H groups in total. The Kier molecular flexibility index (Phi) is 5.97. The molecule has 1 aromatic carbocycles. The average Bonchev–Trinajstić information content (AvgIpc) is 3.28. The van der Waals surface area contributed by atoms with E-state index in [1.807, 2.05) is 43.3 Å². The van der Waals surface area contributed by atoms with Crippen LogP contribution < -0.4 is 5.32 Å². The van der Waals surface area contributed by atoms with Crippen LogP contribution in [0.5, 0.6) is 0 Å². The second-order valence-electron chi connectivity index (χ2n) is 6.60. The maximum absolute atomic E-state index is 10.2. The lowest BCUT2D eigenvalue weighted by molar-refractivity contribution is -0.110. The first kappa shape index (κ1) is 18.8. The minimum atomic E-state index is -0.581. The van der Waals surface area contributed by atoms with Crippen molar-refractivity contribution in [1.29, 1.82) is 0 Å². The molecule has 1 atom stereocenters. The number of hydrogen-bond donors (Lipinski definition) is 2. The number of aromatic nitrogens is 4. The first-order valence-electron chi connectivity index (χ1n) is 8.85. The number of aliphatic hydroxyl groups excluding tert-OH is 1. The summed E-state index contributed by atoms with van der Waals surface area (Å²) in [5.74, 6) is 0.827. The minimum absolute atomic E-state index is 0.256. The highest BCUT2D eigenvalue weighted by molar-refractivity contribution is 5.56. The number of nitrogens with one attached hydrogen (secondary N) is 1. The van der Waals surface area contributed by atoms with E-state index in [4.69, 9.17) is 4.52 Å². The summed E-state index contributed by atoms with van der Waals surface area (Å²) >= 11 is 0. The molecule has 0 saturated heterocycles. The fourth-order valence-corrected chi connectivity index (χ4v) is 2.80. The molecule has 0 radical (unpaired) electrons. The molecule has 0 aliphatic heterocycles. The van der Waals surface area contributed by atoms with Gasteiger partial charge in [0.25, 0.3) is 0 Å². The smallest absolute Gasteiger partial charge is 0.207 e. The SMILES string of the molecule is CC(O)c1cn(C2CC(NC=O)C2)nn1.Cc1cc(-c2ccccc2)on1.